The van der Waals surface area contributed by atoms with Crippen molar-refractivity contribution in [3.63, 3.8) is 0 Å². The minimum Gasteiger partial charge on any atom is -0.308 e. The third kappa shape index (κ3) is 3.63. The maximum Gasteiger partial charge on any atom is 0.147 e. The Morgan fingerprint density at radius 3 is 2.83 bits per heavy atom. The first kappa shape index (κ1) is 14.2. The number of rotatable bonds is 4. The van der Waals surface area contributed by atoms with Crippen molar-refractivity contribution in [2.45, 2.75) is 26.4 Å². The summed E-state index contributed by atoms with van der Waals surface area (Å²) in [5.74, 6) is 0. The number of nitrogens with zero attached hydrogens (tertiary/aromatic N) is 2. The molecule has 6 heteroatoms. The van der Waals surface area contributed by atoms with Gasteiger partial charge in [0, 0.05) is 21.7 Å². The normalized spacial score (nSPS) is 11.2. The van der Waals surface area contributed by atoms with Gasteiger partial charge in [0.1, 0.15) is 10.0 Å². The largest absolute Gasteiger partial charge is 0.308 e. The van der Waals surface area contributed by atoms with Gasteiger partial charge < -0.3 is 5.32 Å². The van der Waals surface area contributed by atoms with E-state index >= 15 is 0 Å². The van der Waals surface area contributed by atoms with Crippen molar-refractivity contribution >= 4 is 45.5 Å². The topological polar surface area (TPSA) is 37.8 Å². The van der Waals surface area contributed by atoms with Gasteiger partial charge in [0.05, 0.1) is 5.02 Å². The van der Waals surface area contributed by atoms with Crippen LogP contribution in [0, 0.1) is 3.57 Å². The van der Waals surface area contributed by atoms with Crippen molar-refractivity contribution in [3.8, 4) is 10.6 Å². The molecule has 0 aliphatic heterocycles. The third-order valence-electron chi connectivity index (χ3n) is 2.29. The SMILES string of the molecule is CC(C)NCc1nnc(-c2ccc(I)c(Cl)c2)s1. The molecular weight excluding hydrogens is 381 g/mol. The molecule has 0 saturated heterocycles. The van der Waals surface area contributed by atoms with Crippen molar-refractivity contribution in [2.75, 3.05) is 0 Å². The van der Waals surface area contributed by atoms with Crippen molar-refractivity contribution in [1.82, 2.24) is 15.5 Å². The monoisotopic (exact) mass is 393 g/mol. The van der Waals surface area contributed by atoms with Crippen molar-refractivity contribution in [1.29, 1.82) is 0 Å². The summed E-state index contributed by atoms with van der Waals surface area (Å²) in [7, 11) is 0. The molecule has 0 atom stereocenters. The summed E-state index contributed by atoms with van der Waals surface area (Å²) in [5.41, 5.74) is 1.02. The lowest BCUT2D eigenvalue weighted by Crippen LogP contribution is -2.21. The fraction of sp³-hybridized carbons (Fsp3) is 0.333. The fourth-order valence-electron chi connectivity index (χ4n) is 1.36. The Kier molecular flexibility index (Phi) is 4.94. The first-order valence-electron chi connectivity index (χ1n) is 5.57. The molecule has 96 valence electrons. The Hall–Kier alpha value is -0.240. The number of hydrogen-bond acceptors (Lipinski definition) is 4. The van der Waals surface area contributed by atoms with Gasteiger partial charge in [-0.2, -0.15) is 0 Å². The molecule has 0 saturated carbocycles. The van der Waals surface area contributed by atoms with Crippen LogP contribution in [0.4, 0.5) is 0 Å². The molecule has 1 heterocycles. The molecule has 2 rings (SSSR count). The first-order chi connectivity index (χ1) is 8.56. The van der Waals surface area contributed by atoms with Crippen LogP contribution < -0.4 is 5.32 Å². The average molecular weight is 394 g/mol. The van der Waals surface area contributed by atoms with E-state index in [1.807, 2.05) is 18.2 Å². The molecule has 3 nitrogen and oxygen atoms in total. The molecule has 1 aromatic carbocycles. The van der Waals surface area contributed by atoms with E-state index in [-0.39, 0.29) is 0 Å². The van der Waals surface area contributed by atoms with Crippen molar-refractivity contribution in [2.24, 2.45) is 0 Å². The van der Waals surface area contributed by atoms with Gasteiger partial charge in [-0.15, -0.1) is 10.2 Å². The minimum absolute atomic E-state index is 0.449. The van der Waals surface area contributed by atoms with E-state index < -0.39 is 0 Å². The maximum atomic E-state index is 6.11. The quantitative estimate of drug-likeness (QED) is 0.799. The van der Waals surface area contributed by atoms with Crippen LogP contribution in [0.3, 0.4) is 0 Å². The Bertz CT molecular complexity index is 542. The smallest absolute Gasteiger partial charge is 0.147 e. The molecule has 0 aliphatic carbocycles. The number of benzene rings is 1. The standard InChI is InChI=1S/C12H13ClIN3S/c1-7(2)15-6-11-16-17-12(18-11)8-3-4-10(14)9(13)5-8/h3-5,7,15H,6H2,1-2H3. The second-order valence-corrected chi connectivity index (χ2v) is 6.80. The highest BCUT2D eigenvalue weighted by atomic mass is 127. The van der Waals surface area contributed by atoms with Crippen LogP contribution in [0.15, 0.2) is 18.2 Å². The Morgan fingerprint density at radius 2 is 2.17 bits per heavy atom. The van der Waals surface area contributed by atoms with Crippen LogP contribution in [-0.4, -0.2) is 16.2 Å². The summed E-state index contributed by atoms with van der Waals surface area (Å²) in [5, 5.41) is 14.4. The van der Waals surface area contributed by atoms with Gasteiger partial charge >= 0.3 is 0 Å². The van der Waals surface area contributed by atoms with Crippen LogP contribution in [-0.2, 0) is 6.54 Å². The van der Waals surface area contributed by atoms with E-state index in [2.05, 4.69) is 52.0 Å². The van der Waals surface area contributed by atoms with Crippen LogP contribution >= 0.6 is 45.5 Å². The summed E-state index contributed by atoms with van der Waals surface area (Å²) < 4.78 is 1.05. The molecule has 0 fully saturated rings. The van der Waals surface area contributed by atoms with E-state index in [0.717, 1.165) is 30.7 Å². The summed E-state index contributed by atoms with van der Waals surface area (Å²) >= 11 is 9.92. The van der Waals surface area contributed by atoms with E-state index in [1.165, 1.54) is 0 Å². The highest BCUT2D eigenvalue weighted by Gasteiger charge is 2.08. The van der Waals surface area contributed by atoms with Crippen LogP contribution in [0.5, 0.6) is 0 Å². The lowest BCUT2D eigenvalue weighted by atomic mass is 10.2. The van der Waals surface area contributed by atoms with Crippen LogP contribution in [0.2, 0.25) is 5.02 Å². The van der Waals surface area contributed by atoms with Gasteiger partial charge in [0.25, 0.3) is 0 Å². The molecule has 1 N–H and O–H groups in total. The maximum absolute atomic E-state index is 6.11. The van der Waals surface area contributed by atoms with E-state index in [0.29, 0.717) is 6.04 Å². The Balaban J connectivity index is 2.16. The zero-order chi connectivity index (χ0) is 13.1. The first-order valence-corrected chi connectivity index (χ1v) is 7.85. The average Bonchev–Trinajstić information content (AvgIpc) is 2.79. The molecule has 0 unspecified atom stereocenters. The predicted molar refractivity (Wildman–Crippen MR) is 85.0 cm³/mol. The Morgan fingerprint density at radius 1 is 1.39 bits per heavy atom. The molecule has 0 aliphatic rings. The van der Waals surface area contributed by atoms with Gasteiger partial charge in [-0.3, -0.25) is 0 Å². The molecular formula is C12H13ClIN3S. The summed E-state index contributed by atoms with van der Waals surface area (Å²) in [6.07, 6.45) is 0. The van der Waals surface area contributed by atoms with Gasteiger partial charge in [0.15, 0.2) is 0 Å². The van der Waals surface area contributed by atoms with Gasteiger partial charge in [0.2, 0.25) is 0 Å². The van der Waals surface area contributed by atoms with Crippen LogP contribution in [0.25, 0.3) is 10.6 Å². The lowest BCUT2D eigenvalue weighted by molar-refractivity contribution is 0.585. The second-order valence-electron chi connectivity index (χ2n) is 4.17. The highest BCUT2D eigenvalue weighted by molar-refractivity contribution is 14.1. The number of halogens is 2. The lowest BCUT2D eigenvalue weighted by Gasteiger charge is -2.03. The molecule has 0 bridgehead atoms. The molecule has 18 heavy (non-hydrogen) atoms. The molecule has 0 amide bonds. The molecule has 0 radical (unpaired) electrons. The third-order valence-corrected chi connectivity index (χ3v) is 4.84. The zero-order valence-corrected chi connectivity index (χ0v) is 13.8. The highest BCUT2D eigenvalue weighted by Crippen LogP contribution is 2.28. The Labute approximate surface area is 129 Å². The van der Waals surface area contributed by atoms with E-state index in [9.17, 15) is 0 Å². The van der Waals surface area contributed by atoms with Crippen LogP contribution in [0.1, 0.15) is 18.9 Å². The molecule has 1 aromatic heterocycles. The molecule has 0 spiro atoms. The predicted octanol–water partition coefficient (Wildman–Crippen LogP) is 3.96. The van der Waals surface area contributed by atoms with Gasteiger partial charge in [-0.1, -0.05) is 42.9 Å². The molecule has 2 aromatic rings. The fourth-order valence-corrected chi connectivity index (χ4v) is 2.67. The summed E-state index contributed by atoms with van der Waals surface area (Å²) in [6, 6.07) is 6.40. The van der Waals surface area contributed by atoms with Gasteiger partial charge in [-0.05, 0) is 34.7 Å². The number of hydrogen-bond donors (Lipinski definition) is 1. The van der Waals surface area contributed by atoms with E-state index in [1.54, 1.807) is 11.3 Å². The van der Waals surface area contributed by atoms with Gasteiger partial charge in [-0.25, -0.2) is 0 Å². The van der Waals surface area contributed by atoms with Crippen molar-refractivity contribution in [3.05, 3.63) is 31.8 Å². The summed E-state index contributed by atoms with van der Waals surface area (Å²) in [4.78, 5) is 0. The minimum atomic E-state index is 0.449. The summed E-state index contributed by atoms with van der Waals surface area (Å²) in [6.45, 7) is 4.98. The number of nitrogens with one attached hydrogen (secondary N) is 1. The van der Waals surface area contributed by atoms with E-state index in [4.69, 9.17) is 11.6 Å². The number of aromatic nitrogens is 2. The zero-order valence-electron chi connectivity index (χ0n) is 10.1. The second kappa shape index (κ2) is 6.27. The van der Waals surface area contributed by atoms with Crippen molar-refractivity contribution < 1.29 is 0 Å².